The van der Waals surface area contributed by atoms with Crippen molar-refractivity contribution in [3.63, 3.8) is 0 Å². The molecule has 9 aromatic carbocycles. The minimum Gasteiger partial charge on any atom is -0.208 e. The lowest BCUT2D eigenvalue weighted by Gasteiger charge is -2.40. The van der Waals surface area contributed by atoms with Gasteiger partial charge in [-0.15, -0.1) is 0 Å². The molecule has 1 aliphatic heterocycles. The monoisotopic (exact) mass is 806 g/mol. The SMILES string of the molecule is N#Cc1ccc(-c2ccc(-c3cc4c(cc3-c3nc(-c5ccccc5)nc(-c5ccccc5)n3)C3(c5ccccc5S4)c4ccccc4-c4ccccc43)c3ccccc23)cc1. The van der Waals surface area contributed by atoms with E-state index >= 15 is 0 Å². The van der Waals surface area contributed by atoms with E-state index in [1.54, 1.807) is 0 Å². The summed E-state index contributed by atoms with van der Waals surface area (Å²) in [4.78, 5) is 18.3. The molecule has 5 heteroatoms. The summed E-state index contributed by atoms with van der Waals surface area (Å²) in [6, 6.07) is 75.2. The Balaban J connectivity index is 1.20. The van der Waals surface area contributed by atoms with E-state index in [1.807, 2.05) is 72.4 Å². The van der Waals surface area contributed by atoms with Gasteiger partial charge in [0.1, 0.15) is 0 Å². The number of nitriles is 1. The molecule has 0 radical (unpaired) electrons. The van der Waals surface area contributed by atoms with Crippen LogP contribution in [0.2, 0.25) is 0 Å². The first kappa shape index (κ1) is 36.0. The smallest absolute Gasteiger partial charge is 0.164 e. The number of hydrogen-bond acceptors (Lipinski definition) is 5. The highest BCUT2D eigenvalue weighted by molar-refractivity contribution is 7.99. The third kappa shape index (κ3) is 5.51. The van der Waals surface area contributed by atoms with Crippen LogP contribution in [0, 0.1) is 11.3 Å². The molecule has 1 aliphatic carbocycles. The maximum absolute atomic E-state index is 9.55. The first-order chi connectivity index (χ1) is 30.7. The summed E-state index contributed by atoms with van der Waals surface area (Å²) in [5.74, 6) is 1.84. The first-order valence-corrected chi connectivity index (χ1v) is 21.6. The number of benzene rings is 9. The van der Waals surface area contributed by atoms with Crippen LogP contribution in [0.4, 0.5) is 0 Å². The van der Waals surface area contributed by atoms with Gasteiger partial charge in [-0.25, -0.2) is 15.0 Å². The van der Waals surface area contributed by atoms with Crippen molar-refractivity contribution in [2.24, 2.45) is 0 Å². The Bertz CT molecular complexity index is 3340. The van der Waals surface area contributed by atoms with E-state index in [-0.39, 0.29) is 0 Å². The van der Waals surface area contributed by atoms with Gasteiger partial charge in [-0.1, -0.05) is 188 Å². The number of hydrogen-bond donors (Lipinski definition) is 0. The van der Waals surface area contributed by atoms with E-state index < -0.39 is 5.41 Å². The molecule has 0 unspecified atom stereocenters. The van der Waals surface area contributed by atoms with Crippen LogP contribution in [-0.4, -0.2) is 15.0 Å². The maximum Gasteiger partial charge on any atom is 0.164 e. The molecule has 0 bridgehead atoms. The quantitative estimate of drug-likeness (QED) is 0.173. The van der Waals surface area contributed by atoms with Gasteiger partial charge < -0.3 is 0 Å². The summed E-state index contributed by atoms with van der Waals surface area (Å²) in [5.41, 5.74) is 14.6. The Kier molecular flexibility index (Phi) is 8.35. The maximum atomic E-state index is 9.55. The molecule has 0 atom stereocenters. The van der Waals surface area contributed by atoms with Gasteiger partial charge in [0, 0.05) is 26.5 Å². The Hall–Kier alpha value is -7.91. The lowest BCUT2D eigenvalue weighted by Crippen LogP contribution is -2.32. The lowest BCUT2D eigenvalue weighted by molar-refractivity contribution is 0.723. The Morgan fingerprint density at radius 2 is 0.871 bits per heavy atom. The molecule has 12 rings (SSSR count). The molecule has 10 aromatic rings. The largest absolute Gasteiger partial charge is 0.208 e. The molecule has 1 aromatic heterocycles. The van der Waals surface area contributed by atoms with Gasteiger partial charge >= 0.3 is 0 Å². The molecule has 1 spiro atoms. The van der Waals surface area contributed by atoms with Crippen LogP contribution >= 0.6 is 11.8 Å². The van der Waals surface area contributed by atoms with Gasteiger partial charge in [0.05, 0.1) is 17.0 Å². The van der Waals surface area contributed by atoms with Crippen LogP contribution in [0.3, 0.4) is 0 Å². The third-order valence-electron chi connectivity index (χ3n) is 12.5. The highest BCUT2D eigenvalue weighted by Crippen LogP contribution is 2.63. The van der Waals surface area contributed by atoms with E-state index in [9.17, 15) is 5.26 Å². The molecule has 4 nitrogen and oxygen atoms in total. The second kappa shape index (κ2) is 14.4. The number of nitrogens with zero attached hydrogens (tertiary/aromatic N) is 4. The van der Waals surface area contributed by atoms with Crippen molar-refractivity contribution in [3.05, 3.63) is 234 Å². The molecule has 0 saturated carbocycles. The standard InChI is InChI=1S/C57H34N4S/c58-35-36-27-29-37(30-28-36)40-31-32-43(42-20-8-7-19-41(40)42)46-34-53-51(33-47(46)56-60-54(38-15-3-1-4-16-38)59-55(61-56)39-17-5-2-6-18-39)57(50-25-13-14-26-52(50)62-53)48-23-11-9-21-44(48)45-22-10-12-24-49(45)57/h1-34H. The average molecular weight is 807 g/mol. The van der Waals surface area contributed by atoms with Crippen molar-refractivity contribution in [2.45, 2.75) is 15.2 Å². The summed E-state index contributed by atoms with van der Waals surface area (Å²) in [6.45, 7) is 0. The lowest BCUT2D eigenvalue weighted by atomic mass is 9.66. The Morgan fingerprint density at radius 1 is 0.355 bits per heavy atom. The summed E-state index contributed by atoms with van der Waals surface area (Å²) in [6.07, 6.45) is 0. The van der Waals surface area contributed by atoms with Crippen LogP contribution < -0.4 is 0 Å². The molecule has 62 heavy (non-hydrogen) atoms. The second-order valence-corrected chi connectivity index (χ2v) is 16.9. The van der Waals surface area contributed by atoms with Crippen LogP contribution in [-0.2, 0) is 5.41 Å². The van der Waals surface area contributed by atoms with Gasteiger partial charge in [0.25, 0.3) is 0 Å². The molecular weight excluding hydrogens is 773 g/mol. The van der Waals surface area contributed by atoms with Crippen molar-refractivity contribution in [3.8, 4) is 73.6 Å². The molecular formula is C57H34N4S. The van der Waals surface area contributed by atoms with E-state index in [0.717, 1.165) is 49.7 Å². The molecule has 288 valence electrons. The first-order valence-electron chi connectivity index (χ1n) is 20.7. The van der Waals surface area contributed by atoms with Crippen LogP contribution in [0.25, 0.3) is 78.3 Å². The molecule has 2 aliphatic rings. The average Bonchev–Trinajstić information content (AvgIpc) is 3.64. The zero-order valence-corrected chi connectivity index (χ0v) is 34.1. The van der Waals surface area contributed by atoms with Crippen LogP contribution in [0.5, 0.6) is 0 Å². The van der Waals surface area contributed by atoms with Crippen molar-refractivity contribution >= 4 is 22.5 Å². The highest BCUT2D eigenvalue weighted by Gasteiger charge is 2.50. The van der Waals surface area contributed by atoms with Gasteiger partial charge in [0.2, 0.25) is 0 Å². The summed E-state index contributed by atoms with van der Waals surface area (Å²) >= 11 is 1.83. The molecule has 2 heterocycles. The van der Waals surface area contributed by atoms with E-state index in [2.05, 4.69) is 152 Å². The highest BCUT2D eigenvalue weighted by atomic mass is 32.2. The predicted octanol–water partition coefficient (Wildman–Crippen LogP) is 14.1. The fraction of sp³-hybridized carbons (Fsp3) is 0.0175. The number of fused-ring (bicyclic) bond motifs is 10. The van der Waals surface area contributed by atoms with Gasteiger partial charge in [0.15, 0.2) is 17.5 Å². The zero-order chi connectivity index (χ0) is 41.2. The predicted molar refractivity (Wildman–Crippen MR) is 251 cm³/mol. The van der Waals surface area contributed by atoms with E-state index in [0.29, 0.717) is 23.0 Å². The second-order valence-electron chi connectivity index (χ2n) is 15.8. The third-order valence-corrected chi connectivity index (χ3v) is 13.6. The van der Waals surface area contributed by atoms with Crippen molar-refractivity contribution in [1.82, 2.24) is 15.0 Å². The molecule has 0 saturated heterocycles. The minimum atomic E-state index is -0.587. The number of rotatable bonds is 5. The van der Waals surface area contributed by atoms with E-state index in [4.69, 9.17) is 15.0 Å². The Morgan fingerprint density at radius 3 is 1.50 bits per heavy atom. The van der Waals surface area contributed by atoms with E-state index in [1.165, 1.54) is 43.2 Å². The van der Waals surface area contributed by atoms with Gasteiger partial charge in [-0.2, -0.15) is 5.26 Å². The van der Waals surface area contributed by atoms with Crippen molar-refractivity contribution < 1.29 is 0 Å². The van der Waals surface area contributed by atoms with Crippen LogP contribution in [0.1, 0.15) is 27.8 Å². The normalized spacial score (nSPS) is 12.9. The summed E-state index contributed by atoms with van der Waals surface area (Å²) < 4.78 is 0. The minimum absolute atomic E-state index is 0.587. The molecule has 0 N–H and O–H groups in total. The fourth-order valence-corrected chi connectivity index (χ4v) is 11.0. The fourth-order valence-electron chi connectivity index (χ4n) is 9.75. The van der Waals surface area contributed by atoms with Gasteiger partial charge in [-0.05, 0) is 96.7 Å². The van der Waals surface area contributed by atoms with Crippen LogP contribution in [0.15, 0.2) is 216 Å². The summed E-state index contributed by atoms with van der Waals surface area (Å²) in [5, 5.41) is 11.8. The van der Waals surface area contributed by atoms with Crippen molar-refractivity contribution in [2.75, 3.05) is 0 Å². The topological polar surface area (TPSA) is 62.5 Å². The Labute approximate surface area is 363 Å². The molecule has 0 fully saturated rings. The summed E-state index contributed by atoms with van der Waals surface area (Å²) in [7, 11) is 0. The van der Waals surface area contributed by atoms with Gasteiger partial charge in [-0.3, -0.25) is 0 Å². The number of aromatic nitrogens is 3. The molecule has 0 amide bonds. The zero-order valence-electron chi connectivity index (χ0n) is 33.3. The van der Waals surface area contributed by atoms with Crippen molar-refractivity contribution in [1.29, 1.82) is 5.26 Å².